The first-order chi connectivity index (χ1) is 8.87. The largest absolute Gasteiger partial charge is 0.337 e. The van der Waals surface area contributed by atoms with Gasteiger partial charge >= 0.3 is 0 Å². The molecule has 1 amide bonds. The van der Waals surface area contributed by atoms with Gasteiger partial charge in [0.25, 0.3) is 0 Å². The van der Waals surface area contributed by atoms with Crippen molar-refractivity contribution in [2.24, 2.45) is 12.8 Å². The van der Waals surface area contributed by atoms with Gasteiger partial charge in [-0.1, -0.05) is 0 Å². The second-order valence-corrected chi connectivity index (χ2v) is 6.20. The van der Waals surface area contributed by atoms with Crippen LogP contribution in [0.2, 0.25) is 0 Å². The van der Waals surface area contributed by atoms with E-state index in [1.165, 1.54) is 0 Å². The Bertz CT molecular complexity index is 443. The molecule has 19 heavy (non-hydrogen) atoms. The van der Waals surface area contributed by atoms with Gasteiger partial charge in [0.1, 0.15) is 5.82 Å². The molecule has 0 spiro atoms. The maximum Gasteiger partial charge on any atom is 0.223 e. The second kappa shape index (κ2) is 5.33. The zero-order valence-corrected chi connectivity index (χ0v) is 12.1. The van der Waals surface area contributed by atoms with Crippen molar-refractivity contribution in [2.45, 2.75) is 57.7 Å². The van der Waals surface area contributed by atoms with E-state index in [1.807, 2.05) is 36.6 Å². The molecule has 0 saturated heterocycles. The highest BCUT2D eigenvalue weighted by atomic mass is 16.2. The third-order valence-corrected chi connectivity index (χ3v) is 3.52. The van der Waals surface area contributed by atoms with Gasteiger partial charge in [0.2, 0.25) is 5.91 Å². The van der Waals surface area contributed by atoms with Crippen LogP contribution in [0.5, 0.6) is 0 Å². The molecule has 1 aliphatic rings. The Kier molecular flexibility index (Phi) is 3.94. The Morgan fingerprint density at radius 2 is 2.26 bits per heavy atom. The second-order valence-electron chi connectivity index (χ2n) is 6.20. The minimum Gasteiger partial charge on any atom is -0.337 e. The van der Waals surface area contributed by atoms with E-state index in [1.54, 1.807) is 6.20 Å². The molecule has 1 aromatic rings. The van der Waals surface area contributed by atoms with Crippen LogP contribution in [0.15, 0.2) is 12.4 Å². The van der Waals surface area contributed by atoms with E-state index < -0.39 is 0 Å². The molecule has 5 heteroatoms. The molecular weight excluding hydrogens is 240 g/mol. The molecule has 2 rings (SSSR count). The van der Waals surface area contributed by atoms with Crippen LogP contribution in [0, 0.1) is 0 Å². The summed E-state index contributed by atoms with van der Waals surface area (Å²) in [5.41, 5.74) is 5.66. The molecule has 1 aliphatic carbocycles. The first-order valence-electron chi connectivity index (χ1n) is 6.91. The summed E-state index contributed by atoms with van der Waals surface area (Å²) in [4.78, 5) is 18.6. The quantitative estimate of drug-likeness (QED) is 0.845. The van der Waals surface area contributed by atoms with E-state index >= 15 is 0 Å². The van der Waals surface area contributed by atoms with Crippen LogP contribution in [-0.2, 0) is 18.4 Å². The molecule has 1 fully saturated rings. The number of rotatable bonds is 6. The smallest absolute Gasteiger partial charge is 0.223 e. The number of carbonyl (C=O) groups is 1. The fourth-order valence-electron chi connectivity index (χ4n) is 2.08. The number of imidazole rings is 1. The lowest BCUT2D eigenvalue weighted by molar-refractivity contribution is -0.132. The number of nitrogens with zero attached hydrogens (tertiary/aromatic N) is 3. The van der Waals surface area contributed by atoms with Crippen LogP contribution in [0.25, 0.3) is 0 Å². The van der Waals surface area contributed by atoms with Gasteiger partial charge in [0.15, 0.2) is 0 Å². The van der Waals surface area contributed by atoms with E-state index in [0.29, 0.717) is 19.0 Å². The average molecular weight is 264 g/mol. The fourth-order valence-corrected chi connectivity index (χ4v) is 2.08. The lowest BCUT2D eigenvalue weighted by atomic mass is 9.99. The summed E-state index contributed by atoms with van der Waals surface area (Å²) >= 11 is 0. The fraction of sp³-hybridized carbons (Fsp3) is 0.714. The van der Waals surface area contributed by atoms with Gasteiger partial charge in [-0.2, -0.15) is 0 Å². The molecule has 0 aliphatic heterocycles. The highest BCUT2D eigenvalue weighted by Gasteiger charge is 2.33. The molecule has 0 unspecified atom stereocenters. The molecule has 0 radical (unpaired) electrons. The predicted octanol–water partition coefficient (Wildman–Crippen LogP) is 1.43. The molecule has 1 aromatic heterocycles. The SMILES string of the molecule is Cn1ccnc1CN(C(=O)CCC(C)(C)N)C1CC1. The van der Waals surface area contributed by atoms with Gasteiger partial charge in [-0.05, 0) is 33.1 Å². The van der Waals surface area contributed by atoms with Gasteiger partial charge in [-0.15, -0.1) is 0 Å². The normalized spacial score (nSPS) is 15.6. The van der Waals surface area contributed by atoms with Crippen molar-refractivity contribution in [1.82, 2.24) is 14.5 Å². The first-order valence-corrected chi connectivity index (χ1v) is 6.91. The predicted molar refractivity (Wildman–Crippen MR) is 74.3 cm³/mol. The third kappa shape index (κ3) is 4.06. The van der Waals surface area contributed by atoms with Crippen molar-refractivity contribution >= 4 is 5.91 Å². The maximum atomic E-state index is 12.3. The number of amides is 1. The Labute approximate surface area is 114 Å². The monoisotopic (exact) mass is 264 g/mol. The summed E-state index contributed by atoms with van der Waals surface area (Å²) in [6, 6.07) is 0.407. The molecule has 1 saturated carbocycles. The minimum atomic E-state index is -0.284. The molecule has 5 nitrogen and oxygen atoms in total. The van der Waals surface area contributed by atoms with Crippen molar-refractivity contribution in [3.8, 4) is 0 Å². The van der Waals surface area contributed by atoms with Crippen LogP contribution in [0.1, 0.15) is 45.4 Å². The first kappa shape index (κ1) is 14.1. The molecule has 0 bridgehead atoms. The number of hydrogen-bond acceptors (Lipinski definition) is 3. The molecule has 0 atom stereocenters. The standard InChI is InChI=1S/C14H24N4O/c1-14(2,15)7-6-13(19)18(11-4-5-11)10-12-16-8-9-17(12)3/h8-9,11H,4-7,10,15H2,1-3H3. The van der Waals surface area contributed by atoms with Crippen LogP contribution < -0.4 is 5.73 Å². The number of hydrogen-bond donors (Lipinski definition) is 1. The third-order valence-electron chi connectivity index (χ3n) is 3.52. The summed E-state index contributed by atoms with van der Waals surface area (Å²) in [5.74, 6) is 1.14. The summed E-state index contributed by atoms with van der Waals surface area (Å²) in [6.07, 6.45) is 7.15. The van der Waals surface area contributed by atoms with E-state index in [0.717, 1.165) is 25.1 Å². The van der Waals surface area contributed by atoms with Crippen LogP contribution >= 0.6 is 0 Å². The van der Waals surface area contributed by atoms with Crippen molar-refractivity contribution in [3.05, 3.63) is 18.2 Å². The summed E-state index contributed by atoms with van der Waals surface area (Å²) in [6.45, 7) is 4.53. The van der Waals surface area contributed by atoms with Gasteiger partial charge in [0, 0.05) is 37.4 Å². The molecule has 2 N–H and O–H groups in total. The molecule has 1 heterocycles. The van der Waals surface area contributed by atoms with Gasteiger partial charge in [-0.25, -0.2) is 4.98 Å². The van der Waals surface area contributed by atoms with Crippen molar-refractivity contribution in [3.63, 3.8) is 0 Å². The Morgan fingerprint density at radius 1 is 1.58 bits per heavy atom. The topological polar surface area (TPSA) is 64.2 Å². The summed E-state index contributed by atoms with van der Waals surface area (Å²) in [7, 11) is 1.96. The zero-order chi connectivity index (χ0) is 14.0. The number of aromatic nitrogens is 2. The number of carbonyl (C=O) groups excluding carboxylic acids is 1. The van der Waals surface area contributed by atoms with Gasteiger partial charge < -0.3 is 15.2 Å². The van der Waals surface area contributed by atoms with Gasteiger partial charge in [0.05, 0.1) is 6.54 Å². The number of aryl methyl sites for hydroxylation is 1. The average Bonchev–Trinajstić information content (AvgIpc) is 3.07. The summed E-state index contributed by atoms with van der Waals surface area (Å²) in [5, 5.41) is 0. The summed E-state index contributed by atoms with van der Waals surface area (Å²) < 4.78 is 1.97. The van der Waals surface area contributed by atoms with Crippen molar-refractivity contribution in [2.75, 3.05) is 0 Å². The van der Waals surface area contributed by atoms with E-state index in [-0.39, 0.29) is 11.4 Å². The Morgan fingerprint density at radius 3 is 2.74 bits per heavy atom. The van der Waals surface area contributed by atoms with Crippen LogP contribution in [-0.4, -0.2) is 31.9 Å². The van der Waals surface area contributed by atoms with E-state index in [4.69, 9.17) is 5.73 Å². The van der Waals surface area contributed by atoms with E-state index in [2.05, 4.69) is 4.98 Å². The Balaban J connectivity index is 1.96. The lowest BCUT2D eigenvalue weighted by Crippen LogP contribution is -2.37. The minimum absolute atomic E-state index is 0.198. The lowest BCUT2D eigenvalue weighted by Gasteiger charge is -2.24. The van der Waals surface area contributed by atoms with Crippen molar-refractivity contribution in [1.29, 1.82) is 0 Å². The molecular formula is C14H24N4O. The highest BCUT2D eigenvalue weighted by Crippen LogP contribution is 2.29. The molecule has 106 valence electrons. The van der Waals surface area contributed by atoms with Crippen molar-refractivity contribution < 1.29 is 4.79 Å². The van der Waals surface area contributed by atoms with Crippen LogP contribution in [0.4, 0.5) is 0 Å². The molecule has 0 aromatic carbocycles. The Hall–Kier alpha value is -1.36. The van der Waals surface area contributed by atoms with Gasteiger partial charge in [-0.3, -0.25) is 4.79 Å². The zero-order valence-electron chi connectivity index (χ0n) is 12.1. The van der Waals surface area contributed by atoms with Crippen LogP contribution in [0.3, 0.4) is 0 Å². The maximum absolute atomic E-state index is 12.3. The van der Waals surface area contributed by atoms with E-state index in [9.17, 15) is 4.79 Å². The number of nitrogens with two attached hydrogens (primary N) is 1. The highest BCUT2D eigenvalue weighted by molar-refractivity contribution is 5.76.